The molecule has 0 spiro atoms. The van der Waals surface area contributed by atoms with Gasteiger partial charge in [0.15, 0.2) is 6.29 Å². The number of ether oxygens (including phenoxy) is 3. The van der Waals surface area contributed by atoms with E-state index < -0.39 is 0 Å². The lowest BCUT2D eigenvalue weighted by Gasteiger charge is -2.48. The van der Waals surface area contributed by atoms with Gasteiger partial charge >= 0.3 is 0 Å². The first-order chi connectivity index (χ1) is 8.61. The molecule has 0 aliphatic carbocycles. The normalized spacial score (nSPS) is 25.3. The molecule has 2 unspecified atom stereocenters. The zero-order valence-electron chi connectivity index (χ0n) is 12.1. The highest BCUT2D eigenvalue weighted by molar-refractivity contribution is 4.93. The molecule has 1 heterocycles. The van der Waals surface area contributed by atoms with E-state index >= 15 is 0 Å². The van der Waals surface area contributed by atoms with Crippen LogP contribution < -0.4 is 5.73 Å². The van der Waals surface area contributed by atoms with Crippen molar-refractivity contribution in [2.24, 2.45) is 5.73 Å². The van der Waals surface area contributed by atoms with E-state index in [1.807, 2.05) is 0 Å². The van der Waals surface area contributed by atoms with Crippen LogP contribution in [0.3, 0.4) is 0 Å². The molecule has 1 fully saturated rings. The van der Waals surface area contributed by atoms with Crippen molar-refractivity contribution < 1.29 is 14.2 Å². The van der Waals surface area contributed by atoms with Crippen LogP contribution in [0.25, 0.3) is 0 Å². The third-order valence-corrected chi connectivity index (χ3v) is 3.96. The molecule has 2 atom stereocenters. The Morgan fingerprint density at radius 1 is 1.44 bits per heavy atom. The molecule has 5 nitrogen and oxygen atoms in total. The fourth-order valence-corrected chi connectivity index (χ4v) is 2.64. The Labute approximate surface area is 111 Å². The number of hydrogen-bond acceptors (Lipinski definition) is 5. The van der Waals surface area contributed by atoms with Crippen LogP contribution >= 0.6 is 0 Å². The van der Waals surface area contributed by atoms with Crippen molar-refractivity contribution in [1.29, 1.82) is 0 Å². The van der Waals surface area contributed by atoms with Crippen molar-refractivity contribution in [3.05, 3.63) is 0 Å². The summed E-state index contributed by atoms with van der Waals surface area (Å²) in [6.07, 6.45) is 1.63. The third kappa shape index (κ3) is 3.65. The van der Waals surface area contributed by atoms with Crippen molar-refractivity contribution in [3.63, 3.8) is 0 Å². The van der Waals surface area contributed by atoms with Crippen molar-refractivity contribution in [3.8, 4) is 0 Å². The number of nitrogens with zero attached hydrogens (tertiary/aromatic N) is 1. The fourth-order valence-electron chi connectivity index (χ4n) is 2.64. The molecule has 0 aromatic heterocycles. The first-order valence-electron chi connectivity index (χ1n) is 6.71. The molecule has 1 aliphatic rings. The molecule has 108 valence electrons. The standard InChI is InChI=1S/C13H28N2O3/c1-5-11-9-18-7-6-15(11)13(2,10-14)8-12(16-3)17-4/h11-12H,5-10,14H2,1-4H3. The minimum atomic E-state index is -0.209. The van der Waals surface area contributed by atoms with E-state index in [0.29, 0.717) is 12.6 Å². The van der Waals surface area contributed by atoms with Gasteiger partial charge in [0.25, 0.3) is 0 Å². The number of nitrogens with two attached hydrogens (primary N) is 1. The maximum Gasteiger partial charge on any atom is 0.158 e. The summed E-state index contributed by atoms with van der Waals surface area (Å²) in [6.45, 7) is 7.45. The van der Waals surface area contributed by atoms with Gasteiger partial charge in [-0.25, -0.2) is 0 Å². The Hall–Kier alpha value is -0.200. The summed E-state index contributed by atoms with van der Waals surface area (Å²) in [7, 11) is 3.34. The van der Waals surface area contributed by atoms with E-state index in [1.165, 1.54) is 0 Å². The zero-order valence-corrected chi connectivity index (χ0v) is 12.1. The molecule has 2 N–H and O–H groups in total. The second kappa shape index (κ2) is 7.40. The Bertz CT molecular complexity index is 236. The summed E-state index contributed by atoms with van der Waals surface area (Å²) >= 11 is 0. The predicted octanol–water partition coefficient (Wildman–Crippen LogP) is 0.824. The van der Waals surface area contributed by atoms with Crippen molar-refractivity contribution in [2.45, 2.75) is 44.6 Å². The quantitative estimate of drug-likeness (QED) is 0.687. The van der Waals surface area contributed by atoms with Crippen LogP contribution in [0.1, 0.15) is 26.7 Å². The molecule has 0 amide bonds. The maximum atomic E-state index is 6.02. The van der Waals surface area contributed by atoms with Crippen molar-refractivity contribution >= 4 is 0 Å². The van der Waals surface area contributed by atoms with Gasteiger partial charge < -0.3 is 19.9 Å². The van der Waals surface area contributed by atoms with Gasteiger partial charge in [-0.15, -0.1) is 0 Å². The SMILES string of the molecule is CCC1COCCN1C(C)(CN)CC(OC)OC. The molecule has 1 rings (SSSR count). The Balaban J connectivity index is 2.76. The fraction of sp³-hybridized carbons (Fsp3) is 1.00. The van der Waals surface area contributed by atoms with Gasteiger partial charge in [-0.2, -0.15) is 0 Å². The molecule has 18 heavy (non-hydrogen) atoms. The number of hydrogen-bond donors (Lipinski definition) is 1. The molecule has 5 heteroatoms. The minimum Gasteiger partial charge on any atom is -0.378 e. The average Bonchev–Trinajstić information content (AvgIpc) is 2.44. The summed E-state index contributed by atoms with van der Waals surface area (Å²) in [5.74, 6) is 0. The minimum absolute atomic E-state index is 0.110. The van der Waals surface area contributed by atoms with E-state index in [1.54, 1.807) is 14.2 Å². The monoisotopic (exact) mass is 260 g/mol. The van der Waals surface area contributed by atoms with Gasteiger partial charge in [-0.05, 0) is 13.3 Å². The first-order valence-corrected chi connectivity index (χ1v) is 6.71. The number of morpholine rings is 1. The van der Waals surface area contributed by atoms with Gasteiger partial charge in [0.2, 0.25) is 0 Å². The summed E-state index contributed by atoms with van der Waals surface area (Å²) in [5.41, 5.74) is 5.91. The third-order valence-electron chi connectivity index (χ3n) is 3.96. The van der Waals surface area contributed by atoms with E-state index in [2.05, 4.69) is 18.7 Å². The molecule has 0 bridgehead atoms. The van der Waals surface area contributed by atoms with E-state index in [4.69, 9.17) is 19.9 Å². The van der Waals surface area contributed by atoms with Crippen LogP contribution in [0, 0.1) is 0 Å². The Kier molecular flexibility index (Phi) is 6.52. The molecule has 1 saturated heterocycles. The maximum absolute atomic E-state index is 6.02. The van der Waals surface area contributed by atoms with Gasteiger partial charge in [-0.1, -0.05) is 6.92 Å². The smallest absolute Gasteiger partial charge is 0.158 e. The van der Waals surface area contributed by atoms with Crippen molar-refractivity contribution in [2.75, 3.05) is 40.5 Å². The number of methoxy groups -OCH3 is 2. The van der Waals surface area contributed by atoms with Crippen LogP contribution in [0.4, 0.5) is 0 Å². The summed E-state index contributed by atoms with van der Waals surface area (Å²) in [5, 5.41) is 0. The van der Waals surface area contributed by atoms with E-state index in [-0.39, 0.29) is 11.8 Å². The second-order valence-electron chi connectivity index (χ2n) is 5.14. The highest BCUT2D eigenvalue weighted by Crippen LogP contribution is 2.27. The molecule has 0 aromatic rings. The summed E-state index contributed by atoms with van der Waals surface area (Å²) < 4.78 is 16.2. The molecule has 1 aliphatic heterocycles. The highest BCUT2D eigenvalue weighted by Gasteiger charge is 2.38. The lowest BCUT2D eigenvalue weighted by molar-refractivity contribution is -0.143. The van der Waals surface area contributed by atoms with E-state index in [0.717, 1.165) is 32.6 Å². The lowest BCUT2D eigenvalue weighted by Crippen LogP contribution is -2.61. The van der Waals surface area contributed by atoms with Gasteiger partial charge in [-0.3, -0.25) is 4.90 Å². The largest absolute Gasteiger partial charge is 0.378 e. The van der Waals surface area contributed by atoms with E-state index in [9.17, 15) is 0 Å². The summed E-state index contributed by atoms with van der Waals surface area (Å²) in [6, 6.07) is 0.432. The molecule has 0 saturated carbocycles. The second-order valence-corrected chi connectivity index (χ2v) is 5.14. The molecular formula is C13H28N2O3. The topological polar surface area (TPSA) is 57.0 Å². The molecule has 0 aromatic carbocycles. The van der Waals surface area contributed by atoms with Gasteiger partial charge in [0.05, 0.1) is 13.2 Å². The summed E-state index contributed by atoms with van der Waals surface area (Å²) in [4.78, 5) is 2.46. The zero-order chi connectivity index (χ0) is 13.6. The van der Waals surface area contributed by atoms with Gasteiger partial charge in [0.1, 0.15) is 0 Å². The molecular weight excluding hydrogens is 232 g/mol. The predicted molar refractivity (Wildman–Crippen MR) is 71.5 cm³/mol. The molecule has 0 radical (unpaired) electrons. The highest BCUT2D eigenvalue weighted by atomic mass is 16.7. The van der Waals surface area contributed by atoms with Crippen LogP contribution in [0.2, 0.25) is 0 Å². The van der Waals surface area contributed by atoms with Crippen molar-refractivity contribution in [1.82, 2.24) is 4.90 Å². The van der Waals surface area contributed by atoms with Crippen LogP contribution in [0.15, 0.2) is 0 Å². The first kappa shape index (κ1) is 15.9. The van der Waals surface area contributed by atoms with Gasteiger partial charge in [0, 0.05) is 45.3 Å². The van der Waals surface area contributed by atoms with Crippen LogP contribution in [0.5, 0.6) is 0 Å². The Morgan fingerprint density at radius 3 is 2.61 bits per heavy atom. The number of rotatable bonds is 7. The van der Waals surface area contributed by atoms with Crippen LogP contribution in [-0.4, -0.2) is 63.3 Å². The van der Waals surface area contributed by atoms with Crippen LogP contribution in [-0.2, 0) is 14.2 Å². The average molecular weight is 260 g/mol. The Morgan fingerprint density at radius 2 is 2.11 bits per heavy atom. The lowest BCUT2D eigenvalue weighted by atomic mass is 9.91.